The van der Waals surface area contributed by atoms with Crippen molar-refractivity contribution in [3.05, 3.63) is 59.7 Å². The van der Waals surface area contributed by atoms with Crippen molar-refractivity contribution >= 4 is 12.1 Å². The van der Waals surface area contributed by atoms with E-state index in [1.54, 1.807) is 0 Å². The first-order valence-electron chi connectivity index (χ1n) is 9.47. The standard InChI is InChI=1S/C22H23NO4/c24-21(25)15-11-5-6-14(15)12-23-22(26)27-13-20-18-9-3-1-7-16(18)17-8-2-4-10-19(17)20/h1-4,7-10,14-15,20H,5-6,11-13H2,(H,23,26)(H,24,25). The number of ether oxygens (including phenoxy) is 1. The quantitative estimate of drug-likeness (QED) is 0.839. The summed E-state index contributed by atoms with van der Waals surface area (Å²) in [4.78, 5) is 23.4. The highest BCUT2D eigenvalue weighted by molar-refractivity contribution is 5.79. The Kier molecular flexibility index (Phi) is 4.84. The van der Waals surface area contributed by atoms with Crippen LogP contribution < -0.4 is 5.32 Å². The summed E-state index contributed by atoms with van der Waals surface area (Å²) in [6.07, 6.45) is 1.94. The molecule has 0 bridgehead atoms. The molecular formula is C22H23NO4. The Bertz CT molecular complexity index is 817. The first kappa shape index (κ1) is 17.6. The zero-order valence-electron chi connectivity index (χ0n) is 15.1. The van der Waals surface area contributed by atoms with Gasteiger partial charge in [0.2, 0.25) is 0 Å². The maximum atomic E-state index is 12.2. The summed E-state index contributed by atoms with van der Waals surface area (Å²) < 4.78 is 5.50. The molecular weight excluding hydrogens is 342 g/mol. The molecule has 1 amide bonds. The van der Waals surface area contributed by atoms with Gasteiger partial charge < -0.3 is 15.2 Å². The second-order valence-electron chi connectivity index (χ2n) is 7.34. The maximum absolute atomic E-state index is 12.2. The Morgan fingerprint density at radius 3 is 2.26 bits per heavy atom. The van der Waals surface area contributed by atoms with Gasteiger partial charge in [0.25, 0.3) is 0 Å². The maximum Gasteiger partial charge on any atom is 0.407 e. The average Bonchev–Trinajstić information content (AvgIpc) is 3.28. The molecule has 27 heavy (non-hydrogen) atoms. The Labute approximate surface area is 158 Å². The van der Waals surface area contributed by atoms with Crippen molar-refractivity contribution in [2.24, 2.45) is 11.8 Å². The number of aliphatic carboxylic acids is 1. The molecule has 4 rings (SSSR count). The van der Waals surface area contributed by atoms with Crippen molar-refractivity contribution in [3.8, 4) is 11.1 Å². The fourth-order valence-electron chi connectivity index (χ4n) is 4.47. The van der Waals surface area contributed by atoms with Crippen molar-refractivity contribution < 1.29 is 19.4 Å². The topological polar surface area (TPSA) is 75.6 Å². The number of benzene rings is 2. The Morgan fingerprint density at radius 1 is 1.00 bits per heavy atom. The number of amides is 1. The second kappa shape index (κ2) is 7.43. The second-order valence-corrected chi connectivity index (χ2v) is 7.34. The smallest absolute Gasteiger partial charge is 0.407 e. The number of hydrogen-bond donors (Lipinski definition) is 2. The monoisotopic (exact) mass is 365 g/mol. The zero-order valence-corrected chi connectivity index (χ0v) is 15.1. The van der Waals surface area contributed by atoms with Crippen molar-refractivity contribution in [3.63, 3.8) is 0 Å². The van der Waals surface area contributed by atoms with Gasteiger partial charge in [0.1, 0.15) is 6.61 Å². The van der Waals surface area contributed by atoms with E-state index in [4.69, 9.17) is 4.74 Å². The van der Waals surface area contributed by atoms with Crippen LogP contribution in [0.25, 0.3) is 11.1 Å². The molecule has 0 heterocycles. The van der Waals surface area contributed by atoms with Gasteiger partial charge in [-0.1, -0.05) is 55.0 Å². The molecule has 0 saturated heterocycles. The van der Waals surface area contributed by atoms with Gasteiger partial charge in [-0.3, -0.25) is 4.79 Å². The van der Waals surface area contributed by atoms with Gasteiger partial charge >= 0.3 is 12.1 Å². The van der Waals surface area contributed by atoms with Crippen LogP contribution in [-0.2, 0) is 9.53 Å². The lowest BCUT2D eigenvalue weighted by Crippen LogP contribution is -2.34. The van der Waals surface area contributed by atoms with E-state index in [0.29, 0.717) is 13.0 Å². The predicted molar refractivity (Wildman–Crippen MR) is 102 cm³/mol. The third-order valence-electron chi connectivity index (χ3n) is 5.83. The van der Waals surface area contributed by atoms with Gasteiger partial charge in [-0.15, -0.1) is 0 Å². The van der Waals surface area contributed by atoms with E-state index in [1.165, 1.54) is 22.3 Å². The van der Waals surface area contributed by atoms with E-state index in [-0.39, 0.29) is 24.4 Å². The van der Waals surface area contributed by atoms with Crippen LogP contribution in [-0.4, -0.2) is 30.3 Å². The lowest BCUT2D eigenvalue weighted by Gasteiger charge is -2.18. The number of carbonyl (C=O) groups is 2. The Morgan fingerprint density at radius 2 is 1.63 bits per heavy atom. The van der Waals surface area contributed by atoms with Crippen LogP contribution in [0.1, 0.15) is 36.3 Å². The van der Waals surface area contributed by atoms with E-state index in [0.717, 1.165) is 12.8 Å². The summed E-state index contributed by atoms with van der Waals surface area (Å²) >= 11 is 0. The van der Waals surface area contributed by atoms with Crippen molar-refractivity contribution in [1.29, 1.82) is 0 Å². The summed E-state index contributed by atoms with van der Waals surface area (Å²) in [6.45, 7) is 0.626. The molecule has 2 aromatic rings. The number of carboxylic acid groups (broad SMARTS) is 1. The van der Waals surface area contributed by atoms with E-state index >= 15 is 0 Å². The van der Waals surface area contributed by atoms with Crippen LogP contribution >= 0.6 is 0 Å². The molecule has 2 atom stereocenters. The molecule has 2 unspecified atom stereocenters. The first-order chi connectivity index (χ1) is 13.1. The van der Waals surface area contributed by atoms with Gasteiger partial charge in [-0.25, -0.2) is 4.79 Å². The highest BCUT2D eigenvalue weighted by atomic mass is 16.5. The van der Waals surface area contributed by atoms with E-state index in [2.05, 4.69) is 29.6 Å². The van der Waals surface area contributed by atoms with Gasteiger partial charge in [0.15, 0.2) is 0 Å². The number of alkyl carbamates (subject to hydrolysis) is 1. The molecule has 2 aliphatic rings. The van der Waals surface area contributed by atoms with Gasteiger partial charge in [-0.05, 0) is 41.0 Å². The summed E-state index contributed by atoms with van der Waals surface area (Å²) in [5.74, 6) is -1.12. The molecule has 0 aromatic heterocycles. The first-order valence-corrected chi connectivity index (χ1v) is 9.47. The summed E-state index contributed by atoms with van der Waals surface area (Å²) in [7, 11) is 0. The molecule has 0 aliphatic heterocycles. The molecule has 0 spiro atoms. The summed E-state index contributed by atoms with van der Waals surface area (Å²) in [5.41, 5.74) is 4.73. The van der Waals surface area contributed by atoms with E-state index in [9.17, 15) is 14.7 Å². The molecule has 1 saturated carbocycles. The van der Waals surface area contributed by atoms with Crippen molar-refractivity contribution in [2.45, 2.75) is 25.2 Å². The van der Waals surface area contributed by atoms with Crippen LogP contribution in [0.15, 0.2) is 48.5 Å². The molecule has 2 aromatic carbocycles. The molecule has 1 fully saturated rings. The summed E-state index contributed by atoms with van der Waals surface area (Å²) in [5, 5.41) is 12.0. The third-order valence-corrected chi connectivity index (χ3v) is 5.83. The Balaban J connectivity index is 1.37. The highest BCUT2D eigenvalue weighted by Crippen LogP contribution is 2.44. The summed E-state index contributed by atoms with van der Waals surface area (Å²) in [6, 6.07) is 16.4. The molecule has 0 radical (unpaired) electrons. The molecule has 5 nitrogen and oxygen atoms in total. The van der Waals surface area contributed by atoms with Crippen molar-refractivity contribution in [1.82, 2.24) is 5.32 Å². The number of carboxylic acids is 1. The lowest BCUT2D eigenvalue weighted by atomic mass is 9.96. The molecule has 140 valence electrons. The van der Waals surface area contributed by atoms with Crippen LogP contribution in [0.4, 0.5) is 4.79 Å². The third kappa shape index (κ3) is 3.42. The fourth-order valence-corrected chi connectivity index (χ4v) is 4.47. The highest BCUT2D eigenvalue weighted by Gasteiger charge is 2.33. The number of hydrogen-bond acceptors (Lipinski definition) is 3. The molecule has 2 N–H and O–H groups in total. The SMILES string of the molecule is O=C(NCC1CCCC1C(=O)O)OCC1c2ccccc2-c2ccccc21. The van der Waals surface area contributed by atoms with Crippen LogP contribution in [0.3, 0.4) is 0 Å². The van der Waals surface area contributed by atoms with E-state index < -0.39 is 12.1 Å². The average molecular weight is 365 g/mol. The van der Waals surface area contributed by atoms with Gasteiger partial charge in [0, 0.05) is 12.5 Å². The largest absolute Gasteiger partial charge is 0.481 e. The van der Waals surface area contributed by atoms with Gasteiger partial charge in [-0.2, -0.15) is 0 Å². The zero-order chi connectivity index (χ0) is 18.8. The minimum absolute atomic E-state index is 0.0111. The van der Waals surface area contributed by atoms with Crippen LogP contribution in [0, 0.1) is 11.8 Å². The fraction of sp³-hybridized carbons (Fsp3) is 0.364. The molecule has 2 aliphatic carbocycles. The Hall–Kier alpha value is -2.82. The van der Waals surface area contributed by atoms with Gasteiger partial charge in [0.05, 0.1) is 5.92 Å². The minimum atomic E-state index is -0.771. The van der Waals surface area contributed by atoms with E-state index in [1.807, 2.05) is 24.3 Å². The van der Waals surface area contributed by atoms with Crippen molar-refractivity contribution in [2.75, 3.05) is 13.2 Å². The number of rotatable bonds is 5. The van der Waals surface area contributed by atoms with Crippen LogP contribution in [0.2, 0.25) is 0 Å². The normalized spacial score (nSPS) is 20.7. The number of fused-ring (bicyclic) bond motifs is 3. The molecule has 5 heteroatoms. The predicted octanol–water partition coefficient (Wildman–Crippen LogP) is 4.03. The minimum Gasteiger partial charge on any atom is -0.481 e. The number of carbonyl (C=O) groups excluding carboxylic acids is 1. The number of nitrogens with one attached hydrogen (secondary N) is 1. The van der Waals surface area contributed by atoms with Crippen LogP contribution in [0.5, 0.6) is 0 Å². The lowest BCUT2D eigenvalue weighted by molar-refractivity contribution is -0.142.